The number of rotatable bonds is 6. The average molecular weight is 498 g/mol. The van der Waals surface area contributed by atoms with Crippen LogP contribution >= 0.6 is 15.9 Å². The lowest BCUT2D eigenvalue weighted by Crippen LogP contribution is -2.31. The van der Waals surface area contributed by atoms with Crippen LogP contribution in [-0.4, -0.2) is 16.7 Å². The number of carbonyl (C=O) groups is 2. The summed E-state index contributed by atoms with van der Waals surface area (Å²) in [6.07, 6.45) is 1.20. The van der Waals surface area contributed by atoms with Crippen LogP contribution < -0.4 is 10.6 Å². The number of hydrogen-bond donors (Lipinski definition) is 2. The van der Waals surface area contributed by atoms with Crippen molar-refractivity contribution in [2.45, 2.75) is 6.92 Å². The Hall–Kier alpha value is -3.85. The molecular formula is C23H17BrFN3O4. The minimum Gasteiger partial charge on any atom is -0.320 e. The summed E-state index contributed by atoms with van der Waals surface area (Å²) in [6, 6.07) is 16.2. The molecule has 0 spiro atoms. The Morgan fingerprint density at radius 2 is 1.75 bits per heavy atom. The van der Waals surface area contributed by atoms with E-state index in [1.54, 1.807) is 37.3 Å². The molecule has 0 aliphatic rings. The first-order chi connectivity index (χ1) is 15.2. The largest absolute Gasteiger partial charge is 0.320 e. The Labute approximate surface area is 191 Å². The molecule has 3 aromatic carbocycles. The molecule has 2 N–H and O–H groups in total. The molecule has 0 saturated heterocycles. The molecule has 2 amide bonds. The van der Waals surface area contributed by atoms with Crippen molar-refractivity contribution in [1.29, 1.82) is 0 Å². The predicted molar refractivity (Wildman–Crippen MR) is 122 cm³/mol. The number of nitrogens with one attached hydrogen (secondary N) is 2. The lowest BCUT2D eigenvalue weighted by atomic mass is 10.1. The van der Waals surface area contributed by atoms with Crippen LogP contribution in [-0.2, 0) is 4.79 Å². The molecule has 3 rings (SSSR count). The summed E-state index contributed by atoms with van der Waals surface area (Å²) in [6.45, 7) is 1.67. The molecule has 3 aromatic rings. The summed E-state index contributed by atoms with van der Waals surface area (Å²) >= 11 is 3.28. The van der Waals surface area contributed by atoms with Crippen LogP contribution in [0.5, 0.6) is 0 Å². The lowest BCUT2D eigenvalue weighted by molar-refractivity contribution is -0.384. The second-order valence-corrected chi connectivity index (χ2v) is 7.67. The van der Waals surface area contributed by atoms with E-state index >= 15 is 0 Å². The molecule has 0 fully saturated rings. The maximum atomic E-state index is 14.2. The number of amides is 2. The van der Waals surface area contributed by atoms with Gasteiger partial charge in [-0.05, 0) is 48.9 Å². The molecule has 0 aromatic heterocycles. The van der Waals surface area contributed by atoms with E-state index in [1.165, 1.54) is 42.5 Å². The highest BCUT2D eigenvalue weighted by Crippen LogP contribution is 2.23. The van der Waals surface area contributed by atoms with Crippen molar-refractivity contribution in [3.8, 4) is 0 Å². The van der Waals surface area contributed by atoms with Crippen LogP contribution in [0.15, 0.2) is 76.9 Å². The molecule has 9 heteroatoms. The maximum absolute atomic E-state index is 14.2. The van der Waals surface area contributed by atoms with Gasteiger partial charge in [-0.1, -0.05) is 40.2 Å². The second-order valence-electron chi connectivity index (χ2n) is 6.75. The van der Waals surface area contributed by atoms with Gasteiger partial charge in [0.2, 0.25) is 0 Å². The summed E-state index contributed by atoms with van der Waals surface area (Å²) in [7, 11) is 0. The number of halogens is 2. The van der Waals surface area contributed by atoms with Crippen molar-refractivity contribution in [1.82, 2.24) is 5.32 Å². The van der Waals surface area contributed by atoms with Gasteiger partial charge in [0, 0.05) is 27.7 Å². The SMILES string of the molecule is Cc1ccc([N+](=O)[O-])cc1NC(=O)C(=Cc1ccccc1F)NC(=O)c1ccc(Br)cc1. The third-order valence-corrected chi connectivity index (χ3v) is 5.01. The molecule has 0 atom stereocenters. The minimum atomic E-state index is -0.762. The Morgan fingerprint density at radius 1 is 1.06 bits per heavy atom. The monoisotopic (exact) mass is 497 g/mol. The number of nitro groups is 1. The van der Waals surface area contributed by atoms with Crippen molar-refractivity contribution in [2.24, 2.45) is 0 Å². The fourth-order valence-corrected chi connectivity index (χ4v) is 3.01. The van der Waals surface area contributed by atoms with Crippen molar-refractivity contribution >= 4 is 45.2 Å². The van der Waals surface area contributed by atoms with Gasteiger partial charge in [-0.25, -0.2) is 4.39 Å². The number of nitrogens with zero attached hydrogens (tertiary/aromatic N) is 1. The lowest BCUT2D eigenvalue weighted by Gasteiger charge is -2.13. The molecule has 7 nitrogen and oxygen atoms in total. The molecule has 0 aliphatic heterocycles. The predicted octanol–water partition coefficient (Wildman–Crippen LogP) is 5.21. The van der Waals surface area contributed by atoms with Crippen LogP contribution in [0.1, 0.15) is 21.5 Å². The second kappa shape index (κ2) is 9.97. The number of benzene rings is 3. The van der Waals surface area contributed by atoms with Gasteiger partial charge in [0.05, 0.1) is 10.6 Å². The first kappa shape index (κ1) is 22.8. The van der Waals surface area contributed by atoms with Gasteiger partial charge in [0.15, 0.2) is 0 Å². The Balaban J connectivity index is 1.95. The molecule has 0 radical (unpaired) electrons. The molecule has 162 valence electrons. The summed E-state index contributed by atoms with van der Waals surface area (Å²) < 4.78 is 15.0. The molecule has 0 bridgehead atoms. The van der Waals surface area contributed by atoms with Crippen LogP contribution in [0.25, 0.3) is 6.08 Å². The third kappa shape index (κ3) is 5.64. The first-order valence-corrected chi connectivity index (χ1v) is 10.1. The van der Waals surface area contributed by atoms with Crippen LogP contribution in [0.4, 0.5) is 15.8 Å². The summed E-state index contributed by atoms with van der Waals surface area (Å²) in [5.74, 6) is -1.92. The number of aryl methyl sites for hydroxylation is 1. The highest BCUT2D eigenvalue weighted by atomic mass is 79.9. The molecule has 0 unspecified atom stereocenters. The zero-order valence-electron chi connectivity index (χ0n) is 16.8. The third-order valence-electron chi connectivity index (χ3n) is 4.48. The van der Waals surface area contributed by atoms with Crippen molar-refractivity contribution in [2.75, 3.05) is 5.32 Å². The molecular weight excluding hydrogens is 481 g/mol. The standard InChI is InChI=1S/C23H17BrFN3O4/c1-14-6-11-18(28(31)32)13-20(14)26-23(30)21(12-16-4-2-3-5-19(16)25)27-22(29)15-7-9-17(24)10-8-15/h2-13H,1H3,(H,26,30)(H,27,29). The summed E-state index contributed by atoms with van der Waals surface area (Å²) in [5.41, 5.74) is 0.713. The highest BCUT2D eigenvalue weighted by Gasteiger charge is 2.18. The minimum absolute atomic E-state index is 0.0875. The van der Waals surface area contributed by atoms with E-state index in [-0.39, 0.29) is 28.2 Å². The van der Waals surface area contributed by atoms with E-state index in [4.69, 9.17) is 0 Å². The Morgan fingerprint density at radius 3 is 2.41 bits per heavy atom. The Bertz CT molecular complexity index is 1230. The molecule has 0 heterocycles. The van der Waals surface area contributed by atoms with E-state index in [0.717, 1.165) is 4.47 Å². The van der Waals surface area contributed by atoms with E-state index in [9.17, 15) is 24.1 Å². The van der Waals surface area contributed by atoms with Crippen molar-refractivity contribution in [3.05, 3.63) is 110 Å². The fourth-order valence-electron chi connectivity index (χ4n) is 2.75. The molecule has 0 saturated carbocycles. The molecule has 32 heavy (non-hydrogen) atoms. The summed E-state index contributed by atoms with van der Waals surface area (Å²) in [5, 5.41) is 16.1. The zero-order valence-corrected chi connectivity index (χ0v) is 18.4. The topological polar surface area (TPSA) is 101 Å². The summed E-state index contributed by atoms with van der Waals surface area (Å²) in [4.78, 5) is 36.2. The van der Waals surface area contributed by atoms with Crippen LogP contribution in [0.3, 0.4) is 0 Å². The fraction of sp³-hybridized carbons (Fsp3) is 0.0435. The number of non-ortho nitro benzene ring substituents is 1. The molecule has 0 aliphatic carbocycles. The maximum Gasteiger partial charge on any atom is 0.272 e. The first-order valence-electron chi connectivity index (χ1n) is 9.34. The number of anilines is 1. The van der Waals surface area contributed by atoms with E-state index in [0.29, 0.717) is 5.56 Å². The van der Waals surface area contributed by atoms with E-state index in [2.05, 4.69) is 26.6 Å². The number of nitro benzene ring substituents is 1. The average Bonchev–Trinajstić information content (AvgIpc) is 2.76. The van der Waals surface area contributed by atoms with Gasteiger partial charge in [-0.3, -0.25) is 19.7 Å². The number of carbonyl (C=O) groups excluding carboxylic acids is 2. The van der Waals surface area contributed by atoms with Crippen LogP contribution in [0.2, 0.25) is 0 Å². The van der Waals surface area contributed by atoms with Gasteiger partial charge < -0.3 is 10.6 Å². The Kier molecular flexibility index (Phi) is 7.11. The highest BCUT2D eigenvalue weighted by molar-refractivity contribution is 9.10. The van der Waals surface area contributed by atoms with Crippen molar-refractivity contribution in [3.63, 3.8) is 0 Å². The van der Waals surface area contributed by atoms with E-state index < -0.39 is 22.6 Å². The normalized spacial score (nSPS) is 11.0. The quantitative estimate of drug-likeness (QED) is 0.277. The van der Waals surface area contributed by atoms with Gasteiger partial charge >= 0.3 is 0 Å². The zero-order chi connectivity index (χ0) is 23.3. The van der Waals surface area contributed by atoms with E-state index in [1.807, 2.05) is 0 Å². The van der Waals surface area contributed by atoms with Gasteiger partial charge in [-0.2, -0.15) is 0 Å². The number of hydrogen-bond acceptors (Lipinski definition) is 4. The van der Waals surface area contributed by atoms with Crippen LogP contribution in [0, 0.1) is 22.9 Å². The van der Waals surface area contributed by atoms with Crippen molar-refractivity contribution < 1.29 is 18.9 Å². The van der Waals surface area contributed by atoms with Gasteiger partial charge in [-0.15, -0.1) is 0 Å². The van der Waals surface area contributed by atoms with Gasteiger partial charge in [0.1, 0.15) is 11.5 Å². The van der Waals surface area contributed by atoms with Gasteiger partial charge in [0.25, 0.3) is 17.5 Å². The smallest absolute Gasteiger partial charge is 0.272 e.